The predicted octanol–water partition coefficient (Wildman–Crippen LogP) is 0.727. The molecule has 0 spiro atoms. The minimum atomic E-state index is -0.598. The first-order valence-corrected chi connectivity index (χ1v) is 2.90. The first-order valence-electron chi connectivity index (χ1n) is 2.90. The summed E-state index contributed by atoms with van der Waals surface area (Å²) >= 11 is 0. The monoisotopic (exact) mass is 112 g/mol. The van der Waals surface area contributed by atoms with Crippen molar-refractivity contribution in [3.05, 3.63) is 0 Å². The summed E-state index contributed by atoms with van der Waals surface area (Å²) in [6.45, 7) is 1.84. The lowest BCUT2D eigenvalue weighted by atomic mass is 9.98. The molecule has 0 aliphatic heterocycles. The summed E-state index contributed by atoms with van der Waals surface area (Å²) in [7, 11) is 0. The second-order valence-electron chi connectivity index (χ2n) is 3.04. The van der Waals surface area contributed by atoms with Crippen LogP contribution in [0.3, 0.4) is 0 Å². The normalized spacial score (nSPS) is 57.1. The zero-order chi connectivity index (χ0) is 5.94. The van der Waals surface area contributed by atoms with Crippen molar-refractivity contribution in [1.29, 1.82) is 0 Å². The van der Waals surface area contributed by atoms with Gasteiger partial charge in [0, 0.05) is 0 Å². The molecule has 2 atom stereocenters. The van der Waals surface area contributed by atoms with Gasteiger partial charge in [0.15, 0.2) is 0 Å². The summed E-state index contributed by atoms with van der Waals surface area (Å²) in [5, 5.41) is 8.51. The Morgan fingerprint density at radius 1 is 1.75 bits per heavy atom. The third-order valence-electron chi connectivity index (χ3n) is 2.68. The van der Waals surface area contributed by atoms with Gasteiger partial charge in [0.25, 0.3) is 0 Å². The molecule has 2 saturated carbocycles. The Balaban J connectivity index is 2.17. The molecular weight excluding hydrogens is 104 g/mol. The summed E-state index contributed by atoms with van der Waals surface area (Å²) in [6.07, 6.45) is 1.17. The zero-order valence-corrected chi connectivity index (χ0v) is 4.72. The lowest BCUT2D eigenvalue weighted by Gasteiger charge is -2.07. The molecule has 0 bridgehead atoms. The van der Waals surface area contributed by atoms with Gasteiger partial charge >= 0.3 is 5.97 Å². The third-order valence-corrected chi connectivity index (χ3v) is 2.68. The molecule has 0 aromatic carbocycles. The fourth-order valence-electron chi connectivity index (χ4n) is 1.54. The molecule has 0 aromatic rings. The van der Waals surface area contributed by atoms with E-state index < -0.39 is 5.97 Å². The highest BCUT2D eigenvalue weighted by atomic mass is 16.4. The number of hydrogen-bond acceptors (Lipinski definition) is 1. The van der Waals surface area contributed by atoms with Crippen LogP contribution in [0.2, 0.25) is 0 Å². The van der Waals surface area contributed by atoms with Crippen LogP contribution in [0.15, 0.2) is 0 Å². The molecule has 2 nitrogen and oxygen atoms in total. The summed E-state index contributed by atoms with van der Waals surface area (Å²) in [5.74, 6) is 0.513. The van der Waals surface area contributed by atoms with Gasteiger partial charge in [-0.05, 0) is 25.2 Å². The smallest absolute Gasteiger partial charge is 0.309 e. The van der Waals surface area contributed by atoms with Crippen LogP contribution >= 0.6 is 0 Å². The molecule has 1 N–H and O–H groups in total. The first-order chi connectivity index (χ1) is 3.67. The van der Waals surface area contributed by atoms with Gasteiger partial charge in [-0.1, -0.05) is 0 Å². The van der Waals surface area contributed by atoms with Gasteiger partial charge < -0.3 is 5.11 Å². The zero-order valence-electron chi connectivity index (χ0n) is 4.72. The van der Waals surface area contributed by atoms with Gasteiger partial charge in [0.2, 0.25) is 0 Å². The molecule has 0 aromatic heterocycles. The summed E-state index contributed by atoms with van der Waals surface area (Å²) in [6, 6.07) is 0. The van der Waals surface area contributed by atoms with Crippen molar-refractivity contribution in [2.75, 3.05) is 0 Å². The molecule has 2 unspecified atom stereocenters. The van der Waals surface area contributed by atoms with Crippen molar-refractivity contribution >= 4 is 5.97 Å². The number of rotatable bonds is 1. The predicted molar refractivity (Wildman–Crippen MR) is 27.3 cm³/mol. The standard InChI is InChI=1S/C6H8O2/c1-6(5(7)8)3-2-4(3)6/h3-4H,2H2,1H3,(H,7,8). The fraction of sp³-hybridized carbons (Fsp3) is 0.833. The molecule has 2 rings (SSSR count). The minimum Gasteiger partial charge on any atom is -0.481 e. The van der Waals surface area contributed by atoms with Crippen LogP contribution in [-0.2, 0) is 4.79 Å². The van der Waals surface area contributed by atoms with Crippen molar-refractivity contribution < 1.29 is 9.90 Å². The van der Waals surface area contributed by atoms with Crippen LogP contribution in [0.1, 0.15) is 13.3 Å². The van der Waals surface area contributed by atoms with Crippen molar-refractivity contribution in [1.82, 2.24) is 0 Å². The van der Waals surface area contributed by atoms with Gasteiger partial charge in [-0.2, -0.15) is 0 Å². The number of hydrogen-bond donors (Lipinski definition) is 1. The average molecular weight is 112 g/mol. The summed E-state index contributed by atoms with van der Waals surface area (Å²) in [4.78, 5) is 10.3. The number of fused-ring (bicyclic) bond motifs is 1. The van der Waals surface area contributed by atoms with E-state index >= 15 is 0 Å². The lowest BCUT2D eigenvalue weighted by Crippen LogP contribution is -2.18. The quantitative estimate of drug-likeness (QED) is 0.542. The summed E-state index contributed by atoms with van der Waals surface area (Å²) < 4.78 is 0. The minimum absolute atomic E-state index is 0.278. The van der Waals surface area contributed by atoms with Crippen LogP contribution in [0.4, 0.5) is 0 Å². The lowest BCUT2D eigenvalue weighted by molar-refractivity contribution is -0.144. The van der Waals surface area contributed by atoms with Gasteiger partial charge in [-0.25, -0.2) is 0 Å². The molecule has 8 heavy (non-hydrogen) atoms. The maximum Gasteiger partial charge on any atom is 0.309 e. The van der Waals surface area contributed by atoms with E-state index in [9.17, 15) is 4.79 Å². The van der Waals surface area contributed by atoms with Crippen LogP contribution in [0, 0.1) is 17.3 Å². The molecule has 44 valence electrons. The van der Waals surface area contributed by atoms with E-state index in [0.29, 0.717) is 11.8 Å². The van der Waals surface area contributed by atoms with Gasteiger partial charge in [0.05, 0.1) is 5.41 Å². The third kappa shape index (κ3) is 0.237. The van der Waals surface area contributed by atoms with Crippen molar-refractivity contribution in [3.63, 3.8) is 0 Å². The molecule has 2 heteroatoms. The number of carboxylic acid groups (broad SMARTS) is 1. The largest absolute Gasteiger partial charge is 0.481 e. The molecule has 0 radical (unpaired) electrons. The Kier molecular flexibility index (Phi) is 0.441. The highest BCUT2D eigenvalue weighted by molar-refractivity contribution is 5.81. The second-order valence-corrected chi connectivity index (χ2v) is 3.04. The van der Waals surface area contributed by atoms with E-state index in [4.69, 9.17) is 5.11 Å². The topological polar surface area (TPSA) is 37.3 Å². The van der Waals surface area contributed by atoms with Crippen LogP contribution < -0.4 is 0 Å². The number of carboxylic acids is 1. The number of carbonyl (C=O) groups is 1. The van der Waals surface area contributed by atoms with E-state index in [1.807, 2.05) is 6.92 Å². The Bertz CT molecular complexity index is 154. The Morgan fingerprint density at radius 2 is 2.25 bits per heavy atom. The van der Waals surface area contributed by atoms with Crippen molar-refractivity contribution in [3.8, 4) is 0 Å². The van der Waals surface area contributed by atoms with Gasteiger partial charge in [0.1, 0.15) is 0 Å². The molecule has 2 aliphatic rings. The Hall–Kier alpha value is -0.530. The van der Waals surface area contributed by atoms with Crippen molar-refractivity contribution in [2.24, 2.45) is 17.3 Å². The molecule has 2 aliphatic carbocycles. The number of aliphatic carboxylic acids is 1. The maximum atomic E-state index is 10.3. The van der Waals surface area contributed by atoms with Crippen LogP contribution in [0.25, 0.3) is 0 Å². The van der Waals surface area contributed by atoms with E-state index in [-0.39, 0.29) is 5.41 Å². The summed E-state index contributed by atoms with van der Waals surface area (Å²) in [5.41, 5.74) is -0.278. The second kappa shape index (κ2) is 0.809. The van der Waals surface area contributed by atoms with Gasteiger partial charge in [-0.15, -0.1) is 0 Å². The van der Waals surface area contributed by atoms with E-state index in [1.54, 1.807) is 0 Å². The highest BCUT2D eigenvalue weighted by Gasteiger charge is 2.78. The highest BCUT2D eigenvalue weighted by Crippen LogP contribution is 2.77. The average Bonchev–Trinajstić information content (AvgIpc) is 2.46. The molecule has 2 fully saturated rings. The van der Waals surface area contributed by atoms with E-state index in [2.05, 4.69) is 0 Å². The van der Waals surface area contributed by atoms with Crippen molar-refractivity contribution in [2.45, 2.75) is 13.3 Å². The maximum absolute atomic E-state index is 10.3. The first kappa shape index (κ1) is 4.36. The van der Waals surface area contributed by atoms with Crippen LogP contribution in [0.5, 0.6) is 0 Å². The molecule has 0 saturated heterocycles. The van der Waals surface area contributed by atoms with E-state index in [0.717, 1.165) is 0 Å². The van der Waals surface area contributed by atoms with Crippen LogP contribution in [-0.4, -0.2) is 11.1 Å². The Morgan fingerprint density at radius 3 is 2.25 bits per heavy atom. The molecular formula is C6H8O2. The Labute approximate surface area is 47.5 Å². The molecule has 0 amide bonds. The molecule has 0 heterocycles. The fourth-order valence-corrected chi connectivity index (χ4v) is 1.54. The van der Waals surface area contributed by atoms with E-state index in [1.165, 1.54) is 6.42 Å². The van der Waals surface area contributed by atoms with Gasteiger partial charge in [-0.3, -0.25) is 4.79 Å². The SMILES string of the molecule is CC1(C(=O)O)C2CC21.